The van der Waals surface area contributed by atoms with Crippen molar-refractivity contribution in [3.05, 3.63) is 23.5 Å². The summed E-state index contributed by atoms with van der Waals surface area (Å²) in [5, 5.41) is 12.0. The Morgan fingerprint density at radius 2 is 1.81 bits per heavy atom. The zero-order valence-electron chi connectivity index (χ0n) is 13.0. The first-order valence-electron chi connectivity index (χ1n) is 7.34. The molecule has 1 heterocycles. The molecule has 21 heavy (non-hydrogen) atoms. The number of halogens is 1. The lowest BCUT2D eigenvalue weighted by atomic mass is 9.89. The minimum Gasteiger partial charge on any atom is -0.398 e. The molecular weight excluding hydrogens is 269 g/mol. The molecule has 0 atom stereocenters. The maximum Gasteiger partial charge on any atom is 0.182 e. The van der Waals surface area contributed by atoms with Crippen LogP contribution in [0.25, 0.3) is 11.4 Å². The number of aromatic nitrogens is 4. The van der Waals surface area contributed by atoms with E-state index in [4.69, 9.17) is 5.73 Å². The van der Waals surface area contributed by atoms with Crippen LogP contribution in [0.15, 0.2) is 12.1 Å². The Labute approximate surface area is 124 Å². The van der Waals surface area contributed by atoms with Gasteiger partial charge in [0.15, 0.2) is 5.82 Å². The van der Waals surface area contributed by atoms with Crippen molar-refractivity contribution in [2.75, 3.05) is 5.73 Å². The first-order chi connectivity index (χ1) is 9.99. The van der Waals surface area contributed by atoms with E-state index in [0.29, 0.717) is 22.6 Å². The van der Waals surface area contributed by atoms with Crippen LogP contribution in [0.2, 0.25) is 0 Å². The van der Waals surface area contributed by atoms with Crippen LogP contribution in [-0.2, 0) is 5.54 Å². The van der Waals surface area contributed by atoms with Gasteiger partial charge in [-0.15, -0.1) is 5.10 Å². The fourth-order valence-corrected chi connectivity index (χ4v) is 2.72. The number of hydrogen-bond acceptors (Lipinski definition) is 4. The highest BCUT2D eigenvalue weighted by Crippen LogP contribution is 2.33. The van der Waals surface area contributed by atoms with Gasteiger partial charge >= 0.3 is 0 Å². The number of nitrogens with zero attached hydrogens (tertiary/aromatic N) is 4. The third kappa shape index (κ3) is 2.50. The van der Waals surface area contributed by atoms with Gasteiger partial charge in [0.2, 0.25) is 0 Å². The summed E-state index contributed by atoms with van der Waals surface area (Å²) in [5.41, 5.74) is 7.18. The fraction of sp³-hybridized carbons (Fsp3) is 0.533. The van der Waals surface area contributed by atoms with Crippen LogP contribution in [-0.4, -0.2) is 20.2 Å². The normalized spacial score (nSPS) is 11.9. The number of nitrogens with two attached hydrogens (primary N) is 1. The second kappa shape index (κ2) is 5.79. The smallest absolute Gasteiger partial charge is 0.182 e. The number of anilines is 1. The Hall–Kier alpha value is -1.98. The zero-order chi connectivity index (χ0) is 15.6. The minimum absolute atomic E-state index is 0.158. The number of benzene rings is 1. The summed E-state index contributed by atoms with van der Waals surface area (Å²) in [6.45, 7) is 8.00. The number of rotatable bonds is 5. The molecule has 0 spiro atoms. The average molecular weight is 291 g/mol. The largest absolute Gasteiger partial charge is 0.398 e. The monoisotopic (exact) mass is 291 g/mol. The summed E-state index contributed by atoms with van der Waals surface area (Å²) in [7, 11) is 0. The predicted molar refractivity (Wildman–Crippen MR) is 81.2 cm³/mol. The van der Waals surface area contributed by atoms with Gasteiger partial charge in [0, 0.05) is 16.8 Å². The Kier molecular flexibility index (Phi) is 4.25. The molecule has 0 amide bonds. The molecule has 0 aliphatic heterocycles. The van der Waals surface area contributed by atoms with E-state index in [1.165, 1.54) is 6.07 Å². The molecule has 0 aliphatic carbocycles. The van der Waals surface area contributed by atoms with Gasteiger partial charge in [0.25, 0.3) is 0 Å². The molecule has 2 aromatic rings. The first kappa shape index (κ1) is 15.4. The summed E-state index contributed by atoms with van der Waals surface area (Å²) in [4.78, 5) is 0. The van der Waals surface area contributed by atoms with Gasteiger partial charge in [-0.1, -0.05) is 20.8 Å². The topological polar surface area (TPSA) is 69.6 Å². The Morgan fingerprint density at radius 3 is 2.33 bits per heavy atom. The molecule has 0 saturated carbocycles. The highest BCUT2D eigenvalue weighted by molar-refractivity contribution is 5.64. The van der Waals surface area contributed by atoms with Crippen molar-refractivity contribution < 1.29 is 4.39 Å². The maximum atomic E-state index is 13.9. The van der Waals surface area contributed by atoms with Gasteiger partial charge in [-0.3, -0.25) is 0 Å². The molecule has 0 unspecified atom stereocenters. The van der Waals surface area contributed by atoms with E-state index in [-0.39, 0.29) is 11.4 Å². The lowest BCUT2D eigenvalue weighted by Crippen LogP contribution is -2.33. The van der Waals surface area contributed by atoms with E-state index in [1.54, 1.807) is 13.0 Å². The summed E-state index contributed by atoms with van der Waals surface area (Å²) >= 11 is 0. The molecule has 0 aliphatic rings. The zero-order valence-corrected chi connectivity index (χ0v) is 13.0. The van der Waals surface area contributed by atoms with Gasteiger partial charge in [-0.2, -0.15) is 0 Å². The molecular formula is C15H22FN5. The summed E-state index contributed by atoms with van der Waals surface area (Å²) in [6.07, 6.45) is 2.71. The van der Waals surface area contributed by atoms with Crippen LogP contribution in [0.1, 0.15) is 45.6 Å². The van der Waals surface area contributed by atoms with Crippen molar-refractivity contribution in [1.29, 1.82) is 0 Å². The lowest BCUT2D eigenvalue weighted by molar-refractivity contribution is 0.223. The molecule has 114 valence electrons. The molecule has 1 aromatic carbocycles. The van der Waals surface area contributed by atoms with Crippen LogP contribution in [0.4, 0.5) is 10.1 Å². The molecule has 1 aromatic heterocycles. The molecule has 5 nitrogen and oxygen atoms in total. The molecule has 0 fully saturated rings. The third-order valence-corrected chi connectivity index (χ3v) is 4.54. The van der Waals surface area contributed by atoms with Gasteiger partial charge < -0.3 is 5.73 Å². The molecule has 2 rings (SSSR count). The average Bonchev–Trinajstić information content (AvgIpc) is 2.97. The van der Waals surface area contributed by atoms with E-state index < -0.39 is 0 Å². The summed E-state index contributed by atoms with van der Waals surface area (Å²) in [6, 6.07) is 3.17. The van der Waals surface area contributed by atoms with Crippen LogP contribution < -0.4 is 5.73 Å². The van der Waals surface area contributed by atoms with E-state index in [1.807, 2.05) is 4.68 Å². The number of tetrazole rings is 1. The van der Waals surface area contributed by atoms with E-state index >= 15 is 0 Å². The highest BCUT2D eigenvalue weighted by Gasteiger charge is 2.31. The van der Waals surface area contributed by atoms with Gasteiger partial charge in [-0.05, 0) is 48.7 Å². The van der Waals surface area contributed by atoms with Gasteiger partial charge in [0.05, 0.1) is 5.54 Å². The van der Waals surface area contributed by atoms with Crippen LogP contribution in [0.5, 0.6) is 0 Å². The third-order valence-electron chi connectivity index (χ3n) is 4.54. The maximum absolute atomic E-state index is 13.9. The number of hydrogen-bond donors (Lipinski definition) is 1. The standard InChI is InChI=1S/C15H22FN5/c1-5-15(6-2,7-3)21-14(18-19-20-21)11-8-12(16)10(4)13(17)9-11/h8-9H,5-7,17H2,1-4H3. The second-order valence-corrected chi connectivity index (χ2v) is 5.37. The van der Waals surface area contributed by atoms with E-state index in [9.17, 15) is 4.39 Å². The van der Waals surface area contributed by atoms with E-state index in [2.05, 4.69) is 36.3 Å². The lowest BCUT2D eigenvalue weighted by Gasteiger charge is -2.31. The summed E-state index contributed by atoms with van der Waals surface area (Å²) < 4.78 is 15.8. The van der Waals surface area contributed by atoms with Crippen LogP contribution >= 0.6 is 0 Å². The first-order valence-corrected chi connectivity index (χ1v) is 7.34. The van der Waals surface area contributed by atoms with Crippen molar-refractivity contribution in [3.8, 4) is 11.4 Å². The fourth-order valence-electron chi connectivity index (χ4n) is 2.72. The second-order valence-electron chi connectivity index (χ2n) is 5.37. The van der Waals surface area contributed by atoms with Crippen molar-refractivity contribution in [2.24, 2.45) is 0 Å². The molecule has 6 heteroatoms. The van der Waals surface area contributed by atoms with Crippen molar-refractivity contribution >= 4 is 5.69 Å². The molecule has 2 N–H and O–H groups in total. The Bertz CT molecular complexity index is 599. The van der Waals surface area contributed by atoms with Gasteiger partial charge in [0.1, 0.15) is 5.82 Å². The quantitative estimate of drug-likeness (QED) is 0.858. The van der Waals surface area contributed by atoms with Crippen molar-refractivity contribution in [2.45, 2.75) is 52.5 Å². The number of nitrogen functional groups attached to an aromatic ring is 1. The minimum atomic E-state index is -0.338. The molecule has 0 bridgehead atoms. The summed E-state index contributed by atoms with van der Waals surface area (Å²) in [5.74, 6) is 0.223. The highest BCUT2D eigenvalue weighted by atomic mass is 19.1. The van der Waals surface area contributed by atoms with Gasteiger partial charge in [-0.25, -0.2) is 9.07 Å². The van der Waals surface area contributed by atoms with Crippen molar-refractivity contribution in [3.63, 3.8) is 0 Å². The Balaban J connectivity index is 2.60. The van der Waals surface area contributed by atoms with E-state index in [0.717, 1.165) is 19.3 Å². The predicted octanol–water partition coefficient (Wildman–Crippen LogP) is 3.30. The van der Waals surface area contributed by atoms with Crippen LogP contribution in [0.3, 0.4) is 0 Å². The molecule has 0 radical (unpaired) electrons. The SMILES string of the molecule is CCC(CC)(CC)n1nnnc1-c1cc(N)c(C)c(F)c1. The van der Waals surface area contributed by atoms with Crippen molar-refractivity contribution in [1.82, 2.24) is 20.2 Å². The Morgan fingerprint density at radius 1 is 1.19 bits per heavy atom. The van der Waals surface area contributed by atoms with Crippen LogP contribution in [0, 0.1) is 12.7 Å². The molecule has 0 saturated heterocycles.